The first-order chi connectivity index (χ1) is 15.6. The molecule has 4 rings (SSSR count). The molecular weight excluding hydrogens is 436 g/mol. The van der Waals surface area contributed by atoms with E-state index in [9.17, 15) is 9.59 Å². The number of fused-ring (bicyclic) bond motifs is 3. The summed E-state index contributed by atoms with van der Waals surface area (Å²) in [5, 5.41) is 0. The van der Waals surface area contributed by atoms with E-state index in [1.165, 1.54) is 27.2 Å². The Morgan fingerprint density at radius 1 is 1.06 bits per heavy atom. The molecule has 2 aromatic rings. The van der Waals surface area contributed by atoms with Crippen LogP contribution in [-0.4, -0.2) is 46.7 Å². The quantitative estimate of drug-likeness (QED) is 0.511. The molecule has 1 saturated heterocycles. The lowest BCUT2D eigenvalue weighted by Gasteiger charge is -2.28. The van der Waals surface area contributed by atoms with Crippen LogP contribution in [0, 0.1) is 5.92 Å². The molecule has 2 N–H and O–H groups in total. The highest BCUT2D eigenvalue weighted by Gasteiger charge is 2.40. The average molecular weight is 467 g/mol. The molecule has 6 nitrogen and oxygen atoms in total. The number of hydrogen-bond donors (Lipinski definition) is 1. The summed E-state index contributed by atoms with van der Waals surface area (Å²) in [6.45, 7) is 6.08. The molecule has 0 bridgehead atoms. The molecule has 2 atom stereocenters. The molecule has 2 aliphatic rings. The molecule has 1 aliphatic heterocycles. The van der Waals surface area contributed by atoms with E-state index in [-0.39, 0.29) is 35.8 Å². The Morgan fingerprint density at radius 3 is 2.18 bits per heavy atom. The third-order valence-corrected chi connectivity index (χ3v) is 6.45. The van der Waals surface area contributed by atoms with Crippen LogP contribution in [0.4, 0.5) is 4.79 Å². The fraction of sp³-hybridized carbons (Fsp3) is 0.423. The van der Waals surface area contributed by atoms with E-state index in [2.05, 4.69) is 24.3 Å². The summed E-state index contributed by atoms with van der Waals surface area (Å²) in [7, 11) is 0. The van der Waals surface area contributed by atoms with Crippen molar-refractivity contribution in [1.82, 2.24) is 4.90 Å². The minimum absolute atomic E-state index is 0.0209. The van der Waals surface area contributed by atoms with Crippen molar-refractivity contribution in [2.75, 3.05) is 13.2 Å². The van der Waals surface area contributed by atoms with Crippen LogP contribution in [0.1, 0.15) is 50.7 Å². The monoisotopic (exact) mass is 466 g/mol. The number of amides is 1. The fourth-order valence-corrected chi connectivity index (χ4v) is 5.00. The van der Waals surface area contributed by atoms with Gasteiger partial charge in [-0.1, -0.05) is 60.7 Å². The van der Waals surface area contributed by atoms with Gasteiger partial charge < -0.3 is 15.2 Å². The highest BCUT2D eigenvalue weighted by Crippen LogP contribution is 2.44. The van der Waals surface area contributed by atoms with Crippen LogP contribution in [0.5, 0.6) is 0 Å². The second-order valence-electron chi connectivity index (χ2n) is 9.77. The van der Waals surface area contributed by atoms with E-state index >= 15 is 0 Å². The average Bonchev–Trinajstić information content (AvgIpc) is 3.31. The Kier molecular flexibility index (Phi) is 6.43. The topological polar surface area (TPSA) is 81.9 Å². The van der Waals surface area contributed by atoms with Crippen molar-refractivity contribution in [3.63, 3.8) is 0 Å². The predicted octanol–water partition coefficient (Wildman–Crippen LogP) is 4.64. The number of thiocarbonyl (C=S) groups is 1. The SMILES string of the molecule is CC(C)(C)OC(=O)N1C[C@H](CC(=O)OCC2c3ccccc3-c3ccccc32)C[C@@H]1C(N)=S. The second-order valence-corrected chi connectivity index (χ2v) is 10.2. The Morgan fingerprint density at radius 2 is 1.64 bits per heavy atom. The second kappa shape index (κ2) is 9.14. The molecule has 0 spiro atoms. The first kappa shape index (κ1) is 23.2. The molecule has 0 saturated carbocycles. The van der Waals surface area contributed by atoms with Crippen LogP contribution in [0.3, 0.4) is 0 Å². The summed E-state index contributed by atoms with van der Waals surface area (Å²) >= 11 is 5.17. The van der Waals surface area contributed by atoms with E-state index in [0.717, 1.165) is 0 Å². The van der Waals surface area contributed by atoms with E-state index in [4.69, 9.17) is 27.4 Å². The van der Waals surface area contributed by atoms with Crippen LogP contribution in [-0.2, 0) is 14.3 Å². The highest BCUT2D eigenvalue weighted by molar-refractivity contribution is 7.80. The van der Waals surface area contributed by atoms with Crippen LogP contribution >= 0.6 is 12.2 Å². The van der Waals surface area contributed by atoms with E-state index in [1.54, 1.807) is 0 Å². The summed E-state index contributed by atoms with van der Waals surface area (Å²) in [4.78, 5) is 27.1. The van der Waals surface area contributed by atoms with E-state index in [0.29, 0.717) is 13.0 Å². The molecule has 0 radical (unpaired) electrons. The van der Waals surface area contributed by atoms with Gasteiger partial charge >= 0.3 is 12.1 Å². The third kappa shape index (κ3) is 5.03. The number of carbonyl (C=O) groups excluding carboxylic acids is 2. The molecule has 0 unspecified atom stereocenters. The molecular formula is C26H30N2O4S. The summed E-state index contributed by atoms with van der Waals surface area (Å²) in [6.07, 6.45) is 0.267. The predicted molar refractivity (Wildman–Crippen MR) is 131 cm³/mol. The Labute approximate surface area is 200 Å². The minimum atomic E-state index is -0.622. The number of rotatable bonds is 5. The molecule has 1 heterocycles. The van der Waals surface area contributed by atoms with Crippen LogP contribution < -0.4 is 5.73 Å². The summed E-state index contributed by atoms with van der Waals surface area (Å²) < 4.78 is 11.2. The normalized spacial score (nSPS) is 19.7. The number of nitrogens with zero attached hydrogens (tertiary/aromatic N) is 1. The van der Waals surface area contributed by atoms with E-state index < -0.39 is 17.7 Å². The van der Waals surface area contributed by atoms with Crippen molar-refractivity contribution >= 4 is 29.3 Å². The third-order valence-electron chi connectivity index (χ3n) is 6.17. The maximum absolute atomic E-state index is 12.7. The molecule has 2 aromatic carbocycles. The number of ether oxygens (including phenoxy) is 2. The fourth-order valence-electron chi connectivity index (χ4n) is 4.77. The van der Waals surface area contributed by atoms with Crippen molar-refractivity contribution in [2.45, 2.75) is 51.2 Å². The molecule has 7 heteroatoms. The first-order valence-electron chi connectivity index (χ1n) is 11.3. The maximum Gasteiger partial charge on any atom is 0.410 e. The number of hydrogen-bond acceptors (Lipinski definition) is 5. The van der Waals surface area contributed by atoms with Gasteiger partial charge in [0.25, 0.3) is 0 Å². The van der Waals surface area contributed by atoms with Gasteiger partial charge in [0.15, 0.2) is 0 Å². The molecule has 33 heavy (non-hydrogen) atoms. The van der Waals surface area contributed by atoms with Gasteiger partial charge in [-0.05, 0) is 55.4 Å². The van der Waals surface area contributed by atoms with Crippen molar-refractivity contribution < 1.29 is 19.1 Å². The highest BCUT2D eigenvalue weighted by atomic mass is 32.1. The lowest BCUT2D eigenvalue weighted by Crippen LogP contribution is -2.45. The molecule has 1 aliphatic carbocycles. The van der Waals surface area contributed by atoms with Gasteiger partial charge in [0.2, 0.25) is 0 Å². The molecule has 1 fully saturated rings. The van der Waals surface area contributed by atoms with Gasteiger partial charge in [-0.25, -0.2) is 4.79 Å². The van der Waals surface area contributed by atoms with Gasteiger partial charge in [-0.3, -0.25) is 9.69 Å². The molecule has 1 amide bonds. The Hall–Kier alpha value is -2.93. The lowest BCUT2D eigenvalue weighted by atomic mass is 9.98. The van der Waals surface area contributed by atoms with Gasteiger partial charge in [0, 0.05) is 12.5 Å². The Balaban J connectivity index is 1.39. The van der Waals surface area contributed by atoms with Crippen LogP contribution in [0.15, 0.2) is 48.5 Å². The van der Waals surface area contributed by atoms with Gasteiger partial charge in [0.1, 0.15) is 12.2 Å². The number of nitrogens with two attached hydrogens (primary N) is 1. The van der Waals surface area contributed by atoms with Crippen molar-refractivity contribution in [3.05, 3.63) is 59.7 Å². The van der Waals surface area contributed by atoms with Crippen molar-refractivity contribution in [3.8, 4) is 11.1 Å². The van der Waals surface area contributed by atoms with Crippen molar-refractivity contribution in [1.29, 1.82) is 0 Å². The summed E-state index contributed by atoms with van der Waals surface area (Å²) in [5.41, 5.74) is 10.00. The summed E-state index contributed by atoms with van der Waals surface area (Å²) in [5.74, 6) is -0.346. The number of carbonyl (C=O) groups is 2. The summed E-state index contributed by atoms with van der Waals surface area (Å²) in [6, 6.07) is 16.1. The standard InChI is InChI=1S/C26H30N2O4S/c1-26(2,3)32-25(30)28-14-16(12-22(28)24(27)33)13-23(29)31-15-21-19-10-6-4-8-17(19)18-9-5-7-11-20(18)21/h4-11,16,21-22H,12-15H2,1-3H3,(H2,27,33)/t16-,22+/m0/s1. The lowest BCUT2D eigenvalue weighted by molar-refractivity contribution is -0.145. The zero-order valence-corrected chi connectivity index (χ0v) is 20.1. The zero-order valence-electron chi connectivity index (χ0n) is 19.2. The van der Waals surface area contributed by atoms with E-state index in [1.807, 2.05) is 45.0 Å². The van der Waals surface area contributed by atoms with Crippen LogP contribution in [0.2, 0.25) is 0 Å². The van der Waals surface area contributed by atoms with Gasteiger partial charge in [-0.2, -0.15) is 0 Å². The smallest absolute Gasteiger partial charge is 0.410 e. The number of esters is 1. The number of likely N-dealkylation sites (tertiary alicyclic amines) is 1. The van der Waals surface area contributed by atoms with Crippen molar-refractivity contribution in [2.24, 2.45) is 11.7 Å². The molecule has 0 aromatic heterocycles. The zero-order chi connectivity index (χ0) is 23.8. The maximum atomic E-state index is 12.7. The van der Waals surface area contributed by atoms with Gasteiger partial charge in [-0.15, -0.1) is 0 Å². The Bertz CT molecular complexity index is 1030. The number of benzene rings is 2. The first-order valence-corrected chi connectivity index (χ1v) is 11.7. The van der Waals surface area contributed by atoms with Gasteiger partial charge in [0.05, 0.1) is 17.5 Å². The largest absolute Gasteiger partial charge is 0.465 e. The molecule has 174 valence electrons. The minimum Gasteiger partial charge on any atom is -0.465 e. The van der Waals surface area contributed by atoms with Crippen LogP contribution in [0.25, 0.3) is 11.1 Å².